The predicted molar refractivity (Wildman–Crippen MR) is 101 cm³/mol. The van der Waals surface area contributed by atoms with E-state index in [4.69, 9.17) is 18.9 Å². The van der Waals surface area contributed by atoms with Crippen LogP contribution >= 0.6 is 0 Å². The highest BCUT2D eigenvalue weighted by atomic mass is 16.6. The summed E-state index contributed by atoms with van der Waals surface area (Å²) in [6.45, 7) is 11.7. The average molecular weight is 356 g/mol. The quantitative estimate of drug-likeness (QED) is 0.695. The first-order valence-electron chi connectivity index (χ1n) is 9.42. The van der Waals surface area contributed by atoms with Crippen LogP contribution in [-0.2, 0) is 14.2 Å². The summed E-state index contributed by atoms with van der Waals surface area (Å²) in [6.07, 6.45) is 5.24. The van der Waals surface area contributed by atoms with Gasteiger partial charge in [-0.15, -0.1) is 0 Å². The van der Waals surface area contributed by atoms with Crippen molar-refractivity contribution in [3.05, 3.63) is 47.1 Å². The van der Waals surface area contributed by atoms with E-state index in [0.717, 1.165) is 24.5 Å². The fourth-order valence-corrected chi connectivity index (χ4v) is 3.64. The van der Waals surface area contributed by atoms with Gasteiger partial charge in [0, 0.05) is 5.41 Å². The van der Waals surface area contributed by atoms with Crippen molar-refractivity contribution in [1.82, 2.24) is 0 Å². The molecule has 2 aliphatic heterocycles. The lowest BCUT2D eigenvalue weighted by Crippen LogP contribution is -2.34. The zero-order valence-corrected chi connectivity index (χ0v) is 16.1. The van der Waals surface area contributed by atoms with Gasteiger partial charge >= 0.3 is 0 Å². The molecule has 3 unspecified atom stereocenters. The van der Waals surface area contributed by atoms with Crippen LogP contribution in [0.4, 0.5) is 0 Å². The minimum absolute atomic E-state index is 0.0601. The fourth-order valence-electron chi connectivity index (χ4n) is 3.64. The average Bonchev–Trinajstić information content (AvgIpc) is 3.46. The van der Waals surface area contributed by atoms with Gasteiger partial charge in [0.1, 0.15) is 24.6 Å². The van der Waals surface area contributed by atoms with Crippen molar-refractivity contribution < 1.29 is 18.9 Å². The van der Waals surface area contributed by atoms with Crippen molar-refractivity contribution in [2.75, 3.05) is 26.4 Å². The lowest BCUT2D eigenvalue weighted by atomic mass is 9.76. The van der Waals surface area contributed by atoms with E-state index in [2.05, 4.69) is 58.0 Å². The summed E-state index contributed by atoms with van der Waals surface area (Å²) in [7, 11) is 0. The van der Waals surface area contributed by atoms with E-state index in [9.17, 15) is 0 Å². The molecular weight excluding hydrogens is 328 g/mol. The van der Waals surface area contributed by atoms with Crippen LogP contribution in [-0.4, -0.2) is 44.7 Å². The molecule has 140 valence electrons. The Morgan fingerprint density at radius 1 is 1.08 bits per heavy atom. The molecule has 0 radical (unpaired) electrons. The Kier molecular flexibility index (Phi) is 4.68. The molecule has 2 heterocycles. The number of allylic oxidation sites excluding steroid dienone is 2. The molecule has 3 atom stereocenters. The smallest absolute Gasteiger partial charge is 0.122 e. The molecule has 4 nitrogen and oxygen atoms in total. The number of hydrogen-bond acceptors (Lipinski definition) is 4. The highest BCUT2D eigenvalue weighted by Gasteiger charge is 2.35. The molecule has 4 rings (SSSR count). The molecule has 1 aromatic rings. The second-order valence-electron chi connectivity index (χ2n) is 8.22. The maximum atomic E-state index is 6.15. The fraction of sp³-hybridized carbons (Fsp3) is 0.545. The van der Waals surface area contributed by atoms with Crippen molar-refractivity contribution in [1.29, 1.82) is 0 Å². The number of hydrogen-bond donors (Lipinski definition) is 0. The van der Waals surface area contributed by atoms with Crippen molar-refractivity contribution in [2.24, 2.45) is 5.41 Å². The molecule has 1 aromatic carbocycles. The minimum Gasteiger partial charge on any atom is -0.491 e. The molecule has 0 amide bonds. The van der Waals surface area contributed by atoms with Crippen LogP contribution in [0.25, 0.3) is 5.57 Å². The Balaban J connectivity index is 1.50. The first kappa shape index (κ1) is 17.8. The lowest BCUT2D eigenvalue weighted by Gasteiger charge is -2.36. The Labute approximate surface area is 155 Å². The normalized spacial score (nSPS) is 29.0. The van der Waals surface area contributed by atoms with Crippen LogP contribution in [0.15, 0.2) is 35.9 Å². The Bertz CT molecular complexity index is 739. The molecule has 0 spiro atoms. The number of ether oxygens (including phenoxy) is 4. The molecule has 0 bridgehead atoms. The summed E-state index contributed by atoms with van der Waals surface area (Å²) < 4.78 is 22.5. The summed E-state index contributed by atoms with van der Waals surface area (Å²) in [6, 6.07) is 6.41. The number of aryl methyl sites for hydroxylation is 1. The molecule has 2 saturated heterocycles. The Hall–Kier alpha value is -1.62. The van der Waals surface area contributed by atoms with E-state index >= 15 is 0 Å². The molecule has 2 fully saturated rings. The van der Waals surface area contributed by atoms with Crippen LogP contribution in [0.2, 0.25) is 0 Å². The maximum Gasteiger partial charge on any atom is 0.122 e. The van der Waals surface area contributed by atoms with Gasteiger partial charge in [-0.1, -0.05) is 32.1 Å². The van der Waals surface area contributed by atoms with Crippen molar-refractivity contribution in [2.45, 2.75) is 46.0 Å². The van der Waals surface area contributed by atoms with Gasteiger partial charge in [-0.05, 0) is 48.3 Å². The number of epoxide rings is 2. The maximum absolute atomic E-state index is 6.15. The van der Waals surface area contributed by atoms with Gasteiger partial charge in [-0.3, -0.25) is 0 Å². The topological polar surface area (TPSA) is 43.5 Å². The highest BCUT2D eigenvalue weighted by Crippen LogP contribution is 2.40. The van der Waals surface area contributed by atoms with E-state index < -0.39 is 0 Å². The lowest BCUT2D eigenvalue weighted by molar-refractivity contribution is 0.0108. The molecule has 0 saturated carbocycles. The molecule has 3 aliphatic rings. The van der Waals surface area contributed by atoms with Crippen LogP contribution in [0.1, 0.15) is 31.9 Å². The first-order valence-corrected chi connectivity index (χ1v) is 9.42. The molecule has 1 aliphatic carbocycles. The number of rotatable bonds is 7. The molecule has 0 N–H and O–H groups in total. The van der Waals surface area contributed by atoms with Crippen LogP contribution < -0.4 is 4.74 Å². The third kappa shape index (κ3) is 4.03. The Morgan fingerprint density at radius 3 is 2.38 bits per heavy atom. The largest absolute Gasteiger partial charge is 0.491 e. The van der Waals surface area contributed by atoms with Crippen molar-refractivity contribution in [3.8, 4) is 5.75 Å². The van der Waals surface area contributed by atoms with Gasteiger partial charge in [0.15, 0.2) is 0 Å². The third-order valence-electron chi connectivity index (χ3n) is 5.19. The molecule has 4 heteroatoms. The van der Waals surface area contributed by atoms with Crippen LogP contribution in [0.3, 0.4) is 0 Å². The van der Waals surface area contributed by atoms with Crippen molar-refractivity contribution >= 4 is 5.57 Å². The highest BCUT2D eigenvalue weighted by molar-refractivity contribution is 5.77. The zero-order valence-electron chi connectivity index (χ0n) is 16.1. The van der Waals surface area contributed by atoms with E-state index in [1.165, 1.54) is 16.7 Å². The summed E-state index contributed by atoms with van der Waals surface area (Å²) in [5.74, 6) is 0.936. The second kappa shape index (κ2) is 6.84. The molecule has 26 heavy (non-hydrogen) atoms. The van der Waals surface area contributed by atoms with Crippen molar-refractivity contribution in [3.63, 3.8) is 0 Å². The van der Waals surface area contributed by atoms with E-state index in [1.807, 2.05) is 0 Å². The SMILES string of the molecule is CC1=CC(c2ccc(OCC3CO3)c(C)c2)=CC(C)(C)C1OCC1CO1. The summed E-state index contributed by atoms with van der Waals surface area (Å²) in [5, 5.41) is 0. The first-order chi connectivity index (χ1) is 12.4. The standard InChI is InChI=1S/C22H28O4/c1-14-7-16(5-6-20(14)25-12-18-10-23-18)17-8-15(2)21(22(3,4)9-17)26-13-19-11-24-19/h5-9,18-19,21H,10-13H2,1-4H3. The van der Waals surface area contributed by atoms with Crippen LogP contribution in [0, 0.1) is 12.3 Å². The van der Waals surface area contributed by atoms with Gasteiger partial charge < -0.3 is 18.9 Å². The van der Waals surface area contributed by atoms with E-state index in [0.29, 0.717) is 19.3 Å². The van der Waals surface area contributed by atoms with Crippen LogP contribution in [0.5, 0.6) is 5.75 Å². The van der Waals surface area contributed by atoms with E-state index in [-0.39, 0.29) is 17.6 Å². The summed E-state index contributed by atoms with van der Waals surface area (Å²) in [4.78, 5) is 0. The van der Waals surface area contributed by atoms with Gasteiger partial charge in [0.25, 0.3) is 0 Å². The second-order valence-corrected chi connectivity index (χ2v) is 8.22. The van der Waals surface area contributed by atoms with Gasteiger partial charge in [0.2, 0.25) is 0 Å². The minimum atomic E-state index is -0.0601. The monoisotopic (exact) mass is 356 g/mol. The zero-order chi connectivity index (χ0) is 18.3. The number of benzene rings is 1. The third-order valence-corrected chi connectivity index (χ3v) is 5.19. The van der Waals surface area contributed by atoms with Gasteiger partial charge in [0.05, 0.1) is 25.9 Å². The van der Waals surface area contributed by atoms with Gasteiger partial charge in [-0.25, -0.2) is 0 Å². The molecule has 0 aromatic heterocycles. The predicted octanol–water partition coefficient (Wildman–Crippen LogP) is 3.93. The summed E-state index contributed by atoms with van der Waals surface area (Å²) >= 11 is 0. The molecular formula is C22H28O4. The van der Waals surface area contributed by atoms with Gasteiger partial charge in [-0.2, -0.15) is 0 Å². The Morgan fingerprint density at radius 2 is 1.77 bits per heavy atom. The summed E-state index contributed by atoms with van der Waals surface area (Å²) in [5.41, 5.74) is 4.81. The van der Waals surface area contributed by atoms with E-state index in [1.54, 1.807) is 0 Å².